The Labute approximate surface area is 185 Å². The summed E-state index contributed by atoms with van der Waals surface area (Å²) < 4.78 is 10.6. The average Bonchev–Trinajstić information content (AvgIpc) is 3.51. The summed E-state index contributed by atoms with van der Waals surface area (Å²) >= 11 is 1.56. The molecular weight excluding hydrogens is 414 g/mol. The maximum Gasteiger partial charge on any atom is 0.271 e. The molecule has 0 unspecified atom stereocenters. The number of methoxy groups -OCH3 is 2. The predicted molar refractivity (Wildman–Crippen MR) is 120 cm³/mol. The number of nitrogens with zero attached hydrogens (tertiary/aromatic N) is 4. The molecule has 1 aliphatic heterocycles. The van der Waals surface area contributed by atoms with Crippen LogP contribution in [0.25, 0.3) is 10.6 Å². The van der Waals surface area contributed by atoms with Crippen molar-refractivity contribution in [3.63, 3.8) is 0 Å². The normalized spacial score (nSPS) is 13.3. The van der Waals surface area contributed by atoms with Crippen molar-refractivity contribution in [1.29, 1.82) is 0 Å². The van der Waals surface area contributed by atoms with Crippen molar-refractivity contribution in [2.75, 3.05) is 38.8 Å². The molecule has 162 valence electrons. The van der Waals surface area contributed by atoms with Crippen molar-refractivity contribution >= 4 is 23.1 Å². The first-order chi connectivity index (χ1) is 15.2. The Morgan fingerprint density at radius 2 is 1.90 bits per heavy atom. The van der Waals surface area contributed by atoms with Gasteiger partial charge >= 0.3 is 0 Å². The Balaban J connectivity index is 1.31. The van der Waals surface area contributed by atoms with E-state index >= 15 is 0 Å². The molecule has 31 heavy (non-hydrogen) atoms. The number of carbonyl (C=O) groups is 1. The van der Waals surface area contributed by atoms with Crippen molar-refractivity contribution in [2.45, 2.75) is 19.3 Å². The molecule has 0 aliphatic carbocycles. The fraction of sp³-hybridized carbons (Fsp3) is 0.364. The van der Waals surface area contributed by atoms with Gasteiger partial charge in [-0.15, -0.1) is 21.5 Å². The van der Waals surface area contributed by atoms with E-state index in [1.807, 2.05) is 29.6 Å². The first-order valence-electron chi connectivity index (χ1n) is 10.2. The van der Waals surface area contributed by atoms with E-state index in [1.54, 1.807) is 31.6 Å². The van der Waals surface area contributed by atoms with Crippen LogP contribution in [0.5, 0.6) is 11.5 Å². The lowest BCUT2D eigenvalue weighted by atomic mass is 10.2. The molecule has 0 spiro atoms. The zero-order chi connectivity index (χ0) is 21.6. The molecule has 9 heteroatoms. The van der Waals surface area contributed by atoms with Gasteiger partial charge in [0.2, 0.25) is 0 Å². The molecular formula is C22H25N5O3S. The molecule has 0 radical (unpaired) electrons. The Hall–Kier alpha value is -3.20. The van der Waals surface area contributed by atoms with Crippen molar-refractivity contribution in [2.24, 2.45) is 0 Å². The molecule has 0 atom stereocenters. The number of rotatable bonds is 8. The first-order valence-corrected chi connectivity index (χ1v) is 11.1. The van der Waals surface area contributed by atoms with Crippen LogP contribution in [0, 0.1) is 0 Å². The van der Waals surface area contributed by atoms with E-state index in [1.165, 1.54) is 12.8 Å². The highest BCUT2D eigenvalue weighted by Gasteiger charge is 2.15. The number of thiazole rings is 1. The van der Waals surface area contributed by atoms with E-state index in [9.17, 15) is 4.79 Å². The van der Waals surface area contributed by atoms with Crippen LogP contribution in [-0.4, -0.2) is 54.9 Å². The number of amides is 1. The van der Waals surface area contributed by atoms with Gasteiger partial charge in [-0.05, 0) is 43.2 Å². The van der Waals surface area contributed by atoms with E-state index in [4.69, 9.17) is 9.47 Å². The summed E-state index contributed by atoms with van der Waals surface area (Å²) in [5.74, 6) is 1.96. The number of benzene rings is 1. The molecule has 1 aromatic carbocycles. The summed E-state index contributed by atoms with van der Waals surface area (Å²) in [4.78, 5) is 19.2. The third-order valence-electron chi connectivity index (χ3n) is 5.16. The lowest BCUT2D eigenvalue weighted by Crippen LogP contribution is -2.27. The van der Waals surface area contributed by atoms with Gasteiger partial charge in [0.25, 0.3) is 5.91 Å². The fourth-order valence-corrected chi connectivity index (χ4v) is 4.33. The molecule has 1 aliphatic rings. The van der Waals surface area contributed by atoms with E-state index < -0.39 is 0 Å². The zero-order valence-electron chi connectivity index (χ0n) is 17.6. The Kier molecular flexibility index (Phi) is 6.61. The predicted octanol–water partition coefficient (Wildman–Crippen LogP) is 3.19. The summed E-state index contributed by atoms with van der Waals surface area (Å²) in [6.07, 6.45) is 2.98. The summed E-state index contributed by atoms with van der Waals surface area (Å²) in [7, 11) is 3.22. The lowest BCUT2D eigenvalue weighted by molar-refractivity contribution is 0.0948. The smallest absolute Gasteiger partial charge is 0.271 e. The highest BCUT2D eigenvalue weighted by Crippen LogP contribution is 2.33. The van der Waals surface area contributed by atoms with Crippen LogP contribution in [0.15, 0.2) is 35.7 Å². The molecule has 1 N–H and O–H groups in total. The van der Waals surface area contributed by atoms with Crippen LogP contribution in [0.3, 0.4) is 0 Å². The second kappa shape index (κ2) is 9.74. The Bertz CT molecular complexity index is 1030. The number of hydrogen-bond donors (Lipinski definition) is 1. The van der Waals surface area contributed by atoms with Gasteiger partial charge in [0.1, 0.15) is 5.01 Å². The molecule has 3 heterocycles. The molecule has 2 aromatic heterocycles. The number of nitrogens with one attached hydrogen (secondary N) is 1. The van der Waals surface area contributed by atoms with Gasteiger partial charge in [-0.3, -0.25) is 4.79 Å². The van der Waals surface area contributed by atoms with E-state index in [2.05, 4.69) is 25.4 Å². The third-order valence-corrected chi connectivity index (χ3v) is 6.10. The number of anilines is 1. The van der Waals surface area contributed by atoms with Crippen LogP contribution in [0.4, 0.5) is 5.82 Å². The molecule has 8 nitrogen and oxygen atoms in total. The van der Waals surface area contributed by atoms with Crippen LogP contribution in [0.1, 0.15) is 29.0 Å². The minimum atomic E-state index is -0.226. The van der Waals surface area contributed by atoms with Gasteiger partial charge in [0.15, 0.2) is 23.0 Å². The van der Waals surface area contributed by atoms with E-state index in [0.29, 0.717) is 30.2 Å². The maximum absolute atomic E-state index is 12.4. The molecule has 3 aromatic rings. The summed E-state index contributed by atoms with van der Waals surface area (Å²) in [5, 5.41) is 14.1. The zero-order valence-corrected chi connectivity index (χ0v) is 18.4. The Morgan fingerprint density at radius 3 is 2.61 bits per heavy atom. The highest BCUT2D eigenvalue weighted by molar-refractivity contribution is 7.13. The van der Waals surface area contributed by atoms with Crippen molar-refractivity contribution in [1.82, 2.24) is 20.5 Å². The van der Waals surface area contributed by atoms with Crippen molar-refractivity contribution in [3.05, 3.63) is 47.1 Å². The minimum absolute atomic E-state index is 0.226. The summed E-state index contributed by atoms with van der Waals surface area (Å²) in [6.45, 7) is 2.47. The second-order valence-electron chi connectivity index (χ2n) is 7.19. The molecule has 0 saturated carbocycles. The monoisotopic (exact) mass is 439 g/mol. The van der Waals surface area contributed by atoms with E-state index in [-0.39, 0.29) is 5.91 Å². The van der Waals surface area contributed by atoms with Crippen LogP contribution in [0.2, 0.25) is 0 Å². The van der Waals surface area contributed by atoms with Crippen LogP contribution in [-0.2, 0) is 6.42 Å². The summed E-state index contributed by atoms with van der Waals surface area (Å²) in [5.41, 5.74) is 2.21. The SMILES string of the molecule is COc1ccc(-c2nc(CCNC(=O)c3ccc(N4CCCC4)nn3)cs2)cc1OC. The summed E-state index contributed by atoms with van der Waals surface area (Å²) in [6, 6.07) is 9.33. The third kappa shape index (κ3) is 4.93. The average molecular weight is 440 g/mol. The lowest BCUT2D eigenvalue weighted by Gasteiger charge is -2.15. The van der Waals surface area contributed by atoms with Gasteiger partial charge < -0.3 is 19.7 Å². The first kappa shape index (κ1) is 21.0. The molecule has 1 fully saturated rings. The maximum atomic E-state index is 12.4. The second-order valence-corrected chi connectivity index (χ2v) is 8.05. The van der Waals surface area contributed by atoms with Gasteiger partial charge in [-0.1, -0.05) is 0 Å². The van der Waals surface area contributed by atoms with Gasteiger partial charge in [-0.25, -0.2) is 4.98 Å². The number of hydrogen-bond acceptors (Lipinski definition) is 8. The van der Waals surface area contributed by atoms with Gasteiger partial charge in [0.05, 0.1) is 19.9 Å². The van der Waals surface area contributed by atoms with Crippen LogP contribution >= 0.6 is 11.3 Å². The molecule has 0 bridgehead atoms. The molecule has 4 rings (SSSR count). The van der Waals surface area contributed by atoms with Crippen LogP contribution < -0.4 is 19.7 Å². The standard InChI is InChI=1S/C22H25N5O3S/c1-29-18-7-5-15(13-19(18)30-2)22-24-16(14-31-22)9-10-23-21(28)17-6-8-20(26-25-17)27-11-3-4-12-27/h5-8,13-14H,3-4,9-12H2,1-2H3,(H,23,28). The Morgan fingerprint density at radius 1 is 1.10 bits per heavy atom. The molecule has 1 saturated heterocycles. The quantitative estimate of drug-likeness (QED) is 0.576. The topological polar surface area (TPSA) is 89.5 Å². The van der Waals surface area contributed by atoms with Crippen molar-refractivity contribution in [3.8, 4) is 22.1 Å². The highest BCUT2D eigenvalue weighted by atomic mass is 32.1. The van der Waals surface area contributed by atoms with Gasteiger partial charge in [-0.2, -0.15) is 0 Å². The number of aromatic nitrogens is 3. The van der Waals surface area contributed by atoms with Crippen molar-refractivity contribution < 1.29 is 14.3 Å². The van der Waals surface area contributed by atoms with E-state index in [0.717, 1.165) is 35.2 Å². The molecule has 1 amide bonds. The van der Waals surface area contributed by atoms with Gasteiger partial charge in [0, 0.05) is 37.0 Å². The number of carbonyl (C=O) groups excluding carboxylic acids is 1. The fourth-order valence-electron chi connectivity index (χ4n) is 3.48. The largest absolute Gasteiger partial charge is 0.493 e. The minimum Gasteiger partial charge on any atom is -0.493 e. The number of ether oxygens (including phenoxy) is 2.